The molecule has 82 valence electrons. The van der Waals surface area contributed by atoms with E-state index in [1.165, 1.54) is 5.56 Å². The van der Waals surface area contributed by atoms with E-state index in [1.807, 2.05) is 30.5 Å². The lowest BCUT2D eigenvalue weighted by atomic mass is 10.1. The lowest BCUT2D eigenvalue weighted by Crippen LogP contribution is -1.89. The number of rotatable bonds is 2. The van der Waals surface area contributed by atoms with Gasteiger partial charge in [-0.15, -0.1) is 34.0 Å². The molecule has 0 unspecified atom stereocenters. The summed E-state index contributed by atoms with van der Waals surface area (Å²) in [6, 6.07) is 7.86. The van der Waals surface area contributed by atoms with Gasteiger partial charge >= 0.3 is 0 Å². The highest BCUT2D eigenvalue weighted by Crippen LogP contribution is 2.09. The van der Waals surface area contributed by atoms with Crippen molar-refractivity contribution in [2.75, 3.05) is 5.73 Å². The summed E-state index contributed by atoms with van der Waals surface area (Å²) in [6.07, 6.45) is 4.39. The maximum absolute atomic E-state index is 5.58. The molecule has 0 amide bonds. The quantitative estimate of drug-likeness (QED) is 0.830. The molecule has 3 nitrogen and oxygen atoms in total. The zero-order chi connectivity index (χ0) is 9.10. The highest BCUT2D eigenvalue weighted by molar-refractivity contribution is 8.93. The number of anilines is 1. The van der Waals surface area contributed by atoms with Gasteiger partial charge in [0.15, 0.2) is 0 Å². The summed E-state index contributed by atoms with van der Waals surface area (Å²) in [5.74, 6) is 0. The molecule has 0 radical (unpaired) electrons. The molecule has 0 saturated carbocycles. The third kappa shape index (κ3) is 4.05. The average molecular weight is 335 g/mol. The number of hydrogen-bond acceptors (Lipinski definition) is 2. The van der Waals surface area contributed by atoms with Crippen LogP contribution < -0.4 is 5.73 Å². The molecule has 0 atom stereocenters. The Morgan fingerprint density at radius 2 is 1.80 bits per heavy atom. The monoisotopic (exact) mass is 333 g/mol. The summed E-state index contributed by atoms with van der Waals surface area (Å²) in [7, 11) is 0. The third-order valence-electron chi connectivity index (χ3n) is 1.93. The van der Waals surface area contributed by atoms with E-state index in [2.05, 4.69) is 9.97 Å². The predicted molar refractivity (Wildman–Crippen MR) is 72.9 cm³/mol. The minimum Gasteiger partial charge on any atom is -0.399 e. The molecular weight excluding hydrogens is 322 g/mol. The lowest BCUT2D eigenvalue weighted by molar-refractivity contribution is 1.11. The summed E-state index contributed by atoms with van der Waals surface area (Å²) < 4.78 is 0. The lowest BCUT2D eigenvalue weighted by Gasteiger charge is -1.98. The number of nitrogens with two attached hydrogens (primary N) is 1. The summed E-state index contributed by atoms with van der Waals surface area (Å²) in [5, 5.41) is 0. The van der Waals surface area contributed by atoms with Crippen molar-refractivity contribution in [1.82, 2.24) is 9.97 Å². The van der Waals surface area contributed by atoms with Crippen molar-refractivity contribution in [3.05, 3.63) is 48.0 Å². The van der Waals surface area contributed by atoms with Crippen molar-refractivity contribution in [1.29, 1.82) is 0 Å². The summed E-state index contributed by atoms with van der Waals surface area (Å²) in [5.41, 5.74) is 8.73. The second-order valence-corrected chi connectivity index (χ2v) is 3.00. The number of aromatic amines is 1. The van der Waals surface area contributed by atoms with E-state index in [1.54, 1.807) is 6.33 Å². The highest BCUT2D eigenvalue weighted by atomic mass is 79.9. The number of nitrogen functional groups attached to an aromatic ring is 1. The number of H-pyrrole nitrogens is 1. The van der Waals surface area contributed by atoms with E-state index >= 15 is 0 Å². The van der Waals surface area contributed by atoms with E-state index in [-0.39, 0.29) is 34.0 Å². The predicted octanol–water partition coefficient (Wildman–Crippen LogP) is 2.74. The Morgan fingerprint density at radius 1 is 1.13 bits per heavy atom. The van der Waals surface area contributed by atoms with Crippen LogP contribution in [-0.2, 0) is 6.42 Å². The van der Waals surface area contributed by atoms with E-state index in [0.717, 1.165) is 17.8 Å². The van der Waals surface area contributed by atoms with Crippen molar-refractivity contribution in [3.8, 4) is 0 Å². The fraction of sp³-hybridized carbons (Fsp3) is 0.100. The van der Waals surface area contributed by atoms with E-state index in [0.29, 0.717) is 0 Å². The smallest absolute Gasteiger partial charge is 0.0921 e. The third-order valence-corrected chi connectivity index (χ3v) is 1.93. The molecule has 2 aromatic rings. The maximum atomic E-state index is 5.58. The Labute approximate surface area is 110 Å². The maximum Gasteiger partial charge on any atom is 0.0921 e. The topological polar surface area (TPSA) is 54.7 Å². The van der Waals surface area contributed by atoms with Crippen LogP contribution in [0, 0.1) is 0 Å². The number of benzene rings is 1. The minimum absolute atomic E-state index is 0. The van der Waals surface area contributed by atoms with Gasteiger partial charge < -0.3 is 10.7 Å². The van der Waals surface area contributed by atoms with Gasteiger partial charge in [-0.3, -0.25) is 0 Å². The zero-order valence-corrected chi connectivity index (χ0v) is 11.4. The molecule has 15 heavy (non-hydrogen) atoms. The molecule has 1 aromatic heterocycles. The summed E-state index contributed by atoms with van der Waals surface area (Å²) in [4.78, 5) is 7.01. The fourth-order valence-corrected chi connectivity index (χ4v) is 1.24. The van der Waals surface area contributed by atoms with Gasteiger partial charge in [0.05, 0.1) is 6.33 Å². The van der Waals surface area contributed by atoms with Gasteiger partial charge in [-0.25, -0.2) is 4.98 Å². The van der Waals surface area contributed by atoms with Crippen LogP contribution in [0.4, 0.5) is 5.69 Å². The molecule has 5 heteroatoms. The van der Waals surface area contributed by atoms with Crippen molar-refractivity contribution < 1.29 is 0 Å². The normalized spacial score (nSPS) is 8.80. The van der Waals surface area contributed by atoms with E-state index in [4.69, 9.17) is 5.73 Å². The fourth-order valence-electron chi connectivity index (χ4n) is 1.24. The second kappa shape index (κ2) is 6.63. The van der Waals surface area contributed by atoms with Gasteiger partial charge in [0, 0.05) is 24.0 Å². The molecule has 3 N–H and O–H groups in total. The van der Waals surface area contributed by atoms with Gasteiger partial charge in [0.25, 0.3) is 0 Å². The Balaban J connectivity index is 0.000000980. The molecule has 0 aliphatic carbocycles. The first kappa shape index (κ1) is 14.2. The summed E-state index contributed by atoms with van der Waals surface area (Å²) >= 11 is 0. The largest absolute Gasteiger partial charge is 0.399 e. The van der Waals surface area contributed by atoms with E-state index < -0.39 is 0 Å². The Bertz CT molecular complexity index is 370. The van der Waals surface area contributed by atoms with Crippen molar-refractivity contribution in [3.63, 3.8) is 0 Å². The van der Waals surface area contributed by atoms with Crippen molar-refractivity contribution >= 4 is 39.7 Å². The molecule has 0 aliphatic heterocycles. The van der Waals surface area contributed by atoms with Gasteiger partial charge in [0.2, 0.25) is 0 Å². The van der Waals surface area contributed by atoms with Crippen molar-refractivity contribution in [2.24, 2.45) is 0 Å². The van der Waals surface area contributed by atoms with E-state index in [9.17, 15) is 0 Å². The number of halogens is 2. The first-order valence-corrected chi connectivity index (χ1v) is 4.16. The van der Waals surface area contributed by atoms with Crippen LogP contribution in [-0.4, -0.2) is 9.97 Å². The van der Waals surface area contributed by atoms with Gasteiger partial charge in [-0.1, -0.05) is 12.1 Å². The van der Waals surface area contributed by atoms with Crippen LogP contribution in [0.2, 0.25) is 0 Å². The number of nitrogens with zero attached hydrogens (tertiary/aromatic N) is 1. The first-order chi connectivity index (χ1) is 6.34. The van der Waals surface area contributed by atoms with Crippen LogP contribution in [0.3, 0.4) is 0 Å². The molecular formula is C10H13Br2N3. The number of nitrogens with one attached hydrogen (secondary N) is 1. The molecule has 0 aliphatic rings. The minimum atomic E-state index is 0. The van der Waals surface area contributed by atoms with Gasteiger partial charge in [0.1, 0.15) is 0 Å². The Hall–Kier alpha value is -0.810. The van der Waals surface area contributed by atoms with Crippen LogP contribution in [0.5, 0.6) is 0 Å². The van der Waals surface area contributed by atoms with Crippen LogP contribution in [0.25, 0.3) is 0 Å². The molecule has 0 bridgehead atoms. The van der Waals surface area contributed by atoms with Crippen molar-refractivity contribution in [2.45, 2.75) is 6.42 Å². The average Bonchev–Trinajstić information content (AvgIpc) is 2.62. The zero-order valence-electron chi connectivity index (χ0n) is 8.01. The highest BCUT2D eigenvalue weighted by Gasteiger charge is 1.96. The number of hydrogen-bond donors (Lipinski definition) is 2. The molecule has 2 rings (SSSR count). The Kier molecular flexibility index (Phi) is 6.27. The molecule has 0 fully saturated rings. The second-order valence-electron chi connectivity index (χ2n) is 3.00. The standard InChI is InChI=1S/C10H11N3.2BrH/c11-9-3-1-8(2-4-9)5-10-6-12-7-13-10;;/h1-4,6-7H,5,11H2,(H,12,13);2*1H. The molecule has 0 spiro atoms. The number of aromatic nitrogens is 2. The van der Waals surface area contributed by atoms with Gasteiger partial charge in [-0.05, 0) is 17.7 Å². The van der Waals surface area contributed by atoms with Crippen LogP contribution >= 0.6 is 34.0 Å². The first-order valence-electron chi connectivity index (χ1n) is 4.16. The molecule has 1 heterocycles. The molecule has 1 aromatic carbocycles. The number of imidazole rings is 1. The SMILES string of the molecule is Br.Br.Nc1ccc(Cc2cnc[nH]2)cc1. The van der Waals surface area contributed by atoms with Gasteiger partial charge in [-0.2, -0.15) is 0 Å². The van der Waals surface area contributed by atoms with Crippen LogP contribution in [0.1, 0.15) is 11.3 Å². The van der Waals surface area contributed by atoms with Crippen LogP contribution in [0.15, 0.2) is 36.8 Å². The Morgan fingerprint density at radius 3 is 2.33 bits per heavy atom. The summed E-state index contributed by atoms with van der Waals surface area (Å²) in [6.45, 7) is 0. The molecule has 0 saturated heterocycles.